The van der Waals surface area contributed by atoms with E-state index in [4.69, 9.17) is 13.3 Å². The van der Waals surface area contributed by atoms with Crippen LogP contribution in [0.15, 0.2) is 0 Å². The van der Waals surface area contributed by atoms with E-state index in [1.54, 1.807) is 0 Å². The molecule has 0 aliphatic heterocycles. The number of hydrogen-bond acceptors (Lipinski definition) is 3. The standard InChI is InChI=1S/Eu.H2O3S/c;1-4(2)3/h;(H2,1,2,3)/q+2;/p-2. The van der Waals surface area contributed by atoms with Crippen molar-refractivity contribution in [1.82, 2.24) is 0 Å². The van der Waals surface area contributed by atoms with Crippen LogP contribution in [0.2, 0.25) is 0 Å². The van der Waals surface area contributed by atoms with Gasteiger partial charge >= 0.3 is 49.4 Å². The zero-order valence-electron chi connectivity index (χ0n) is 2.01. The first-order chi connectivity index (χ1) is 1.73. The van der Waals surface area contributed by atoms with Crippen LogP contribution in [0.3, 0.4) is 0 Å². The quantitative estimate of drug-likeness (QED) is 0.503. The van der Waals surface area contributed by atoms with Crippen molar-refractivity contribution in [1.29, 1.82) is 0 Å². The average molecular weight is 232 g/mol. The molecule has 0 aliphatic carbocycles. The largest absolute Gasteiger partial charge is 2.00 e. The molecule has 0 saturated carbocycles. The molecule has 0 aromatic heterocycles. The maximum absolute atomic E-state index is 8.44. The maximum atomic E-state index is 8.44. The zero-order chi connectivity index (χ0) is 3.58. The summed E-state index contributed by atoms with van der Waals surface area (Å²) in [6.07, 6.45) is 0. The molecule has 0 saturated heterocycles. The fraction of sp³-hybridized carbons (Fsp3) is 0. The summed E-state index contributed by atoms with van der Waals surface area (Å²) in [6.45, 7) is 0. The predicted octanol–water partition coefficient (Wildman–Crippen LogP) is -1.00. The molecular formula is EuO3S. The third-order valence-electron chi connectivity index (χ3n) is 0. The van der Waals surface area contributed by atoms with E-state index in [0.717, 1.165) is 0 Å². The Morgan fingerprint density at radius 3 is 1.40 bits per heavy atom. The Hall–Kier alpha value is 1.65. The van der Waals surface area contributed by atoms with Crippen molar-refractivity contribution in [3.8, 4) is 0 Å². The molecular weight excluding hydrogens is 232 g/mol. The molecule has 3 nitrogen and oxygen atoms in total. The minimum absolute atomic E-state index is 0. The number of hydrogen-bond donors (Lipinski definition) is 0. The van der Waals surface area contributed by atoms with Gasteiger partial charge in [-0.25, -0.2) is 0 Å². The van der Waals surface area contributed by atoms with E-state index in [9.17, 15) is 0 Å². The van der Waals surface area contributed by atoms with E-state index in [0.29, 0.717) is 0 Å². The fourth-order valence-electron chi connectivity index (χ4n) is 0. The Morgan fingerprint density at radius 1 is 1.40 bits per heavy atom. The minimum Gasteiger partial charge on any atom is -0.784 e. The van der Waals surface area contributed by atoms with E-state index in [1.807, 2.05) is 0 Å². The van der Waals surface area contributed by atoms with Crippen molar-refractivity contribution >= 4 is 11.4 Å². The second kappa shape index (κ2) is 5.65. The fourth-order valence-corrected chi connectivity index (χ4v) is 0. The monoisotopic (exact) mass is 233 g/mol. The summed E-state index contributed by atoms with van der Waals surface area (Å²) in [5.74, 6) is 0. The summed E-state index contributed by atoms with van der Waals surface area (Å²) in [6, 6.07) is 0. The van der Waals surface area contributed by atoms with Crippen LogP contribution in [-0.2, 0) is 11.4 Å². The van der Waals surface area contributed by atoms with Gasteiger partial charge < -0.3 is 9.11 Å². The van der Waals surface area contributed by atoms with E-state index >= 15 is 0 Å². The summed E-state index contributed by atoms with van der Waals surface area (Å²) in [7, 11) is 0. The second-order valence-corrected chi connectivity index (χ2v) is 0.612. The average Bonchev–Trinajstić information content (AvgIpc) is 0.811. The van der Waals surface area contributed by atoms with Gasteiger partial charge in [0.05, 0.1) is 0 Å². The van der Waals surface area contributed by atoms with Crippen LogP contribution in [0.25, 0.3) is 0 Å². The van der Waals surface area contributed by atoms with Crippen molar-refractivity contribution in [3.05, 3.63) is 0 Å². The molecule has 0 unspecified atom stereocenters. The molecule has 0 bridgehead atoms. The van der Waals surface area contributed by atoms with Gasteiger partial charge in [0.2, 0.25) is 0 Å². The van der Waals surface area contributed by atoms with Gasteiger partial charge in [-0.05, 0) is 0 Å². The van der Waals surface area contributed by atoms with Crippen LogP contribution in [-0.4, -0.2) is 13.3 Å². The molecule has 0 rings (SSSR count). The molecule has 0 aromatic rings. The molecule has 0 atom stereocenters. The predicted molar refractivity (Wildman–Crippen MR) is 9.70 cm³/mol. The van der Waals surface area contributed by atoms with Gasteiger partial charge in [-0.3, -0.25) is 4.21 Å². The molecule has 1 radical (unpaired) electrons. The Morgan fingerprint density at radius 2 is 1.40 bits per heavy atom. The Bertz CT molecular complexity index is 29.9. The third-order valence-corrected chi connectivity index (χ3v) is 0. The van der Waals surface area contributed by atoms with Crippen LogP contribution in [0, 0.1) is 49.4 Å². The summed E-state index contributed by atoms with van der Waals surface area (Å²) in [5.41, 5.74) is 0. The minimum atomic E-state index is -3.11. The van der Waals surface area contributed by atoms with Crippen molar-refractivity contribution in [3.63, 3.8) is 0 Å². The molecule has 5 heteroatoms. The maximum Gasteiger partial charge on any atom is 2.00 e. The smallest absolute Gasteiger partial charge is 0.784 e. The van der Waals surface area contributed by atoms with E-state index < -0.39 is 11.4 Å². The molecule has 0 amide bonds. The first kappa shape index (κ1) is 9.82. The van der Waals surface area contributed by atoms with E-state index in [1.165, 1.54) is 0 Å². The van der Waals surface area contributed by atoms with Crippen LogP contribution >= 0.6 is 0 Å². The summed E-state index contributed by atoms with van der Waals surface area (Å²) >= 11 is -3.11. The topological polar surface area (TPSA) is 63.2 Å². The Labute approximate surface area is 72.8 Å². The second-order valence-electron chi connectivity index (χ2n) is 0.204. The van der Waals surface area contributed by atoms with Crippen LogP contribution in [0.4, 0.5) is 0 Å². The Kier molecular flexibility index (Phi) is 11.1. The van der Waals surface area contributed by atoms with Crippen LogP contribution < -0.4 is 0 Å². The summed E-state index contributed by atoms with van der Waals surface area (Å²) in [4.78, 5) is 0. The van der Waals surface area contributed by atoms with Crippen LogP contribution in [0.1, 0.15) is 0 Å². The van der Waals surface area contributed by atoms with Crippen molar-refractivity contribution in [2.75, 3.05) is 0 Å². The molecule has 0 N–H and O–H groups in total. The van der Waals surface area contributed by atoms with Crippen molar-refractivity contribution in [2.45, 2.75) is 0 Å². The normalized spacial score (nSPS) is 7.00. The van der Waals surface area contributed by atoms with E-state index in [2.05, 4.69) is 0 Å². The van der Waals surface area contributed by atoms with Crippen molar-refractivity contribution in [2.24, 2.45) is 0 Å². The van der Waals surface area contributed by atoms with Crippen molar-refractivity contribution < 1.29 is 62.7 Å². The van der Waals surface area contributed by atoms with Gasteiger partial charge in [-0.2, -0.15) is 0 Å². The molecule has 0 heterocycles. The van der Waals surface area contributed by atoms with Gasteiger partial charge in [0.25, 0.3) is 0 Å². The van der Waals surface area contributed by atoms with Gasteiger partial charge in [-0.1, -0.05) is 0 Å². The van der Waals surface area contributed by atoms with Gasteiger partial charge in [-0.15, -0.1) is 11.4 Å². The Balaban J connectivity index is 0. The first-order valence-corrected chi connectivity index (χ1v) is 1.50. The third kappa shape index (κ3) is 27.6. The van der Waals surface area contributed by atoms with Crippen LogP contribution in [0.5, 0.6) is 0 Å². The summed E-state index contributed by atoms with van der Waals surface area (Å²) < 4.78 is 25.3. The first-order valence-electron chi connectivity index (χ1n) is 0.500. The molecule has 5 heavy (non-hydrogen) atoms. The molecule has 0 fully saturated rings. The molecule has 0 aliphatic rings. The SMILES string of the molecule is O=S([O-])[O-].[Eu+2]. The summed E-state index contributed by atoms with van der Waals surface area (Å²) in [5, 5.41) is 0. The molecule has 31 valence electrons. The van der Waals surface area contributed by atoms with E-state index in [-0.39, 0.29) is 49.4 Å². The van der Waals surface area contributed by atoms with Gasteiger partial charge in [0.15, 0.2) is 0 Å². The zero-order valence-corrected chi connectivity index (χ0v) is 5.25. The molecule has 0 spiro atoms. The van der Waals surface area contributed by atoms with Gasteiger partial charge in [0, 0.05) is 0 Å². The number of rotatable bonds is 0. The van der Waals surface area contributed by atoms with Gasteiger partial charge in [0.1, 0.15) is 0 Å². The molecule has 0 aromatic carbocycles.